The Morgan fingerprint density at radius 1 is 0.903 bits per heavy atom. The minimum absolute atomic E-state index is 0.0461. The summed E-state index contributed by atoms with van der Waals surface area (Å²) in [4.78, 5) is 15.4. The van der Waals surface area contributed by atoms with E-state index < -0.39 is 4.92 Å². The molecule has 0 aromatic heterocycles. The molecule has 0 amide bonds. The molecule has 0 atom stereocenters. The van der Waals surface area contributed by atoms with Crippen LogP contribution in [0.2, 0.25) is 5.02 Å². The van der Waals surface area contributed by atoms with Gasteiger partial charge in [-0.2, -0.15) is 0 Å². The largest absolute Gasteiger partial charge is 0.297 e. The number of hydrogen-bond donors (Lipinski definition) is 0. The third-order valence-electron chi connectivity index (χ3n) is 5.64. The number of piperazine rings is 1. The Labute approximate surface area is 185 Å². The molecule has 4 rings (SSSR count). The van der Waals surface area contributed by atoms with Crippen molar-refractivity contribution >= 4 is 17.3 Å². The summed E-state index contributed by atoms with van der Waals surface area (Å²) in [6.45, 7) is 5.08. The molecule has 5 nitrogen and oxygen atoms in total. The second-order valence-corrected chi connectivity index (χ2v) is 8.17. The van der Waals surface area contributed by atoms with Crippen LogP contribution in [0.25, 0.3) is 11.1 Å². The van der Waals surface area contributed by atoms with Crippen molar-refractivity contribution in [2.24, 2.45) is 0 Å². The van der Waals surface area contributed by atoms with Crippen molar-refractivity contribution in [1.82, 2.24) is 9.80 Å². The van der Waals surface area contributed by atoms with Crippen LogP contribution in [0.1, 0.15) is 11.1 Å². The fraction of sp³-hybridized carbons (Fsp3) is 0.250. The van der Waals surface area contributed by atoms with Gasteiger partial charge in [0.25, 0.3) is 5.69 Å². The van der Waals surface area contributed by atoms with Gasteiger partial charge in [-0.25, -0.2) is 4.39 Å². The van der Waals surface area contributed by atoms with Gasteiger partial charge in [-0.15, -0.1) is 0 Å². The lowest BCUT2D eigenvalue weighted by Gasteiger charge is -2.35. The standard InChI is InChI=1S/C24H23ClFN3O2/c25-23-10-5-18(15-24(23)29(30)31)16-27-11-13-28(14-12-27)17-20-3-1-2-4-22(20)19-6-8-21(26)9-7-19/h1-10,15H,11-14,16-17H2. The van der Waals surface area contributed by atoms with Crippen LogP contribution in [0.5, 0.6) is 0 Å². The maximum atomic E-state index is 13.3. The van der Waals surface area contributed by atoms with Crippen LogP contribution in [0.3, 0.4) is 0 Å². The molecular weight excluding hydrogens is 417 g/mol. The number of benzene rings is 3. The van der Waals surface area contributed by atoms with Gasteiger partial charge in [0.1, 0.15) is 10.8 Å². The predicted molar refractivity (Wildman–Crippen MR) is 120 cm³/mol. The summed E-state index contributed by atoms with van der Waals surface area (Å²) >= 11 is 5.91. The predicted octanol–water partition coefficient (Wildman–Crippen LogP) is 5.37. The molecule has 1 aliphatic heterocycles. The number of hydrogen-bond acceptors (Lipinski definition) is 4. The average Bonchev–Trinajstić information content (AvgIpc) is 2.77. The molecule has 31 heavy (non-hydrogen) atoms. The summed E-state index contributed by atoms with van der Waals surface area (Å²) in [7, 11) is 0. The highest BCUT2D eigenvalue weighted by Gasteiger charge is 2.20. The van der Waals surface area contributed by atoms with Crippen molar-refractivity contribution in [3.05, 3.63) is 98.8 Å². The van der Waals surface area contributed by atoms with Gasteiger partial charge in [-0.3, -0.25) is 19.9 Å². The van der Waals surface area contributed by atoms with E-state index in [9.17, 15) is 14.5 Å². The first-order valence-electron chi connectivity index (χ1n) is 10.2. The lowest BCUT2D eigenvalue weighted by molar-refractivity contribution is -0.384. The summed E-state index contributed by atoms with van der Waals surface area (Å²) in [5.41, 5.74) is 4.20. The molecule has 7 heteroatoms. The molecule has 0 radical (unpaired) electrons. The highest BCUT2D eigenvalue weighted by molar-refractivity contribution is 6.32. The number of nitro groups is 1. The van der Waals surface area contributed by atoms with Crippen molar-refractivity contribution in [2.45, 2.75) is 13.1 Å². The van der Waals surface area contributed by atoms with Gasteiger partial charge in [0.2, 0.25) is 0 Å². The van der Waals surface area contributed by atoms with E-state index in [2.05, 4.69) is 21.9 Å². The number of halogens is 2. The Morgan fingerprint density at radius 2 is 1.55 bits per heavy atom. The first-order valence-corrected chi connectivity index (χ1v) is 10.6. The van der Waals surface area contributed by atoms with Crippen LogP contribution < -0.4 is 0 Å². The molecule has 0 spiro atoms. The van der Waals surface area contributed by atoms with E-state index >= 15 is 0 Å². The summed E-state index contributed by atoms with van der Waals surface area (Å²) < 4.78 is 13.3. The van der Waals surface area contributed by atoms with Crippen molar-refractivity contribution < 1.29 is 9.31 Å². The zero-order chi connectivity index (χ0) is 21.8. The summed E-state index contributed by atoms with van der Waals surface area (Å²) in [6, 6.07) is 19.9. The summed E-state index contributed by atoms with van der Waals surface area (Å²) in [5.74, 6) is -0.233. The van der Waals surface area contributed by atoms with Crippen molar-refractivity contribution in [3.63, 3.8) is 0 Å². The van der Waals surface area contributed by atoms with E-state index in [0.717, 1.165) is 49.4 Å². The molecular formula is C24H23ClFN3O2. The molecule has 1 aliphatic rings. The molecule has 1 fully saturated rings. The second-order valence-electron chi connectivity index (χ2n) is 7.76. The third kappa shape index (κ3) is 5.28. The Hall–Kier alpha value is -2.80. The Kier molecular flexibility index (Phi) is 6.61. The molecule has 3 aromatic carbocycles. The Bertz CT molecular complexity index is 1070. The first-order chi connectivity index (χ1) is 15.0. The van der Waals surface area contributed by atoms with Crippen LogP contribution in [-0.4, -0.2) is 40.9 Å². The van der Waals surface area contributed by atoms with Crippen LogP contribution in [0.4, 0.5) is 10.1 Å². The third-order valence-corrected chi connectivity index (χ3v) is 5.96. The van der Waals surface area contributed by atoms with Crippen LogP contribution in [-0.2, 0) is 13.1 Å². The molecule has 3 aromatic rings. The molecule has 0 bridgehead atoms. The Morgan fingerprint density at radius 3 is 2.23 bits per heavy atom. The van der Waals surface area contributed by atoms with Crippen LogP contribution in [0.15, 0.2) is 66.7 Å². The highest BCUT2D eigenvalue weighted by Crippen LogP contribution is 2.27. The smallest absolute Gasteiger partial charge is 0.288 e. The maximum absolute atomic E-state index is 13.3. The monoisotopic (exact) mass is 439 g/mol. The molecule has 1 saturated heterocycles. The number of nitro benzene ring substituents is 1. The lowest BCUT2D eigenvalue weighted by Crippen LogP contribution is -2.45. The first kappa shape index (κ1) is 21.4. The van der Waals surface area contributed by atoms with E-state index in [1.165, 1.54) is 17.7 Å². The van der Waals surface area contributed by atoms with Gasteiger partial charge < -0.3 is 0 Å². The second kappa shape index (κ2) is 9.56. The fourth-order valence-corrected chi connectivity index (χ4v) is 4.16. The molecule has 0 N–H and O–H groups in total. The minimum atomic E-state index is -0.442. The molecule has 0 unspecified atom stereocenters. The van der Waals surface area contributed by atoms with E-state index in [-0.39, 0.29) is 16.5 Å². The topological polar surface area (TPSA) is 49.6 Å². The number of nitrogens with zero attached hydrogens (tertiary/aromatic N) is 3. The van der Waals surface area contributed by atoms with Crippen LogP contribution >= 0.6 is 11.6 Å². The maximum Gasteiger partial charge on any atom is 0.288 e. The van der Waals surface area contributed by atoms with Gasteiger partial charge in [0.05, 0.1) is 4.92 Å². The average molecular weight is 440 g/mol. The quantitative estimate of drug-likeness (QED) is 0.382. The summed E-state index contributed by atoms with van der Waals surface area (Å²) in [5, 5.41) is 11.3. The molecule has 0 saturated carbocycles. The van der Waals surface area contributed by atoms with Crippen molar-refractivity contribution in [3.8, 4) is 11.1 Å². The zero-order valence-electron chi connectivity index (χ0n) is 17.0. The minimum Gasteiger partial charge on any atom is -0.297 e. The fourth-order valence-electron chi connectivity index (χ4n) is 3.97. The van der Waals surface area contributed by atoms with Gasteiger partial charge in [0, 0.05) is 45.3 Å². The number of rotatable bonds is 6. The molecule has 0 aliphatic carbocycles. The zero-order valence-corrected chi connectivity index (χ0v) is 17.8. The van der Waals surface area contributed by atoms with E-state index in [1.54, 1.807) is 12.1 Å². The van der Waals surface area contributed by atoms with Gasteiger partial charge >= 0.3 is 0 Å². The van der Waals surface area contributed by atoms with Gasteiger partial charge in [0.15, 0.2) is 0 Å². The van der Waals surface area contributed by atoms with E-state index in [1.807, 2.05) is 30.3 Å². The summed E-state index contributed by atoms with van der Waals surface area (Å²) in [6.07, 6.45) is 0. The molecule has 1 heterocycles. The highest BCUT2D eigenvalue weighted by atomic mass is 35.5. The van der Waals surface area contributed by atoms with Gasteiger partial charge in [-0.1, -0.05) is 54.1 Å². The Balaban J connectivity index is 1.38. The van der Waals surface area contributed by atoms with E-state index in [4.69, 9.17) is 11.6 Å². The molecule has 160 valence electrons. The van der Waals surface area contributed by atoms with Crippen molar-refractivity contribution in [1.29, 1.82) is 0 Å². The van der Waals surface area contributed by atoms with Crippen LogP contribution in [0, 0.1) is 15.9 Å². The van der Waals surface area contributed by atoms with Crippen molar-refractivity contribution in [2.75, 3.05) is 26.2 Å². The normalized spacial score (nSPS) is 15.2. The lowest BCUT2D eigenvalue weighted by atomic mass is 9.99. The van der Waals surface area contributed by atoms with Gasteiger partial charge in [-0.05, 0) is 40.5 Å². The van der Waals surface area contributed by atoms with E-state index in [0.29, 0.717) is 6.54 Å². The SMILES string of the molecule is O=[N+]([O-])c1cc(CN2CCN(Cc3ccccc3-c3ccc(F)cc3)CC2)ccc1Cl.